The first-order valence-electron chi connectivity index (χ1n) is 5.64. The quantitative estimate of drug-likeness (QED) is 0.860. The first-order valence-corrected chi connectivity index (χ1v) is 6.71. The van der Waals surface area contributed by atoms with E-state index >= 15 is 0 Å². The van der Waals surface area contributed by atoms with Gasteiger partial charge in [-0.1, -0.05) is 6.42 Å². The highest BCUT2D eigenvalue weighted by Crippen LogP contribution is 2.26. The van der Waals surface area contributed by atoms with Crippen LogP contribution < -0.4 is 10.5 Å². The van der Waals surface area contributed by atoms with Crippen molar-refractivity contribution in [3.63, 3.8) is 0 Å². The van der Waals surface area contributed by atoms with Crippen molar-refractivity contribution in [1.82, 2.24) is 9.97 Å². The molecule has 88 valence electrons. The van der Waals surface area contributed by atoms with Gasteiger partial charge in [-0.2, -0.15) is 0 Å². The maximum Gasteiger partial charge on any atom is 0.316 e. The fourth-order valence-corrected chi connectivity index (χ4v) is 2.37. The van der Waals surface area contributed by atoms with E-state index in [1.54, 1.807) is 12.4 Å². The van der Waals surface area contributed by atoms with Gasteiger partial charge in [-0.05, 0) is 48.4 Å². The molecule has 0 bridgehead atoms. The summed E-state index contributed by atoms with van der Waals surface area (Å²) in [7, 11) is 0. The van der Waals surface area contributed by atoms with E-state index in [-0.39, 0.29) is 6.10 Å². The molecule has 16 heavy (non-hydrogen) atoms. The molecule has 1 saturated carbocycles. The van der Waals surface area contributed by atoms with Crippen LogP contribution in [0.15, 0.2) is 12.4 Å². The van der Waals surface area contributed by atoms with E-state index in [1.807, 2.05) is 0 Å². The van der Waals surface area contributed by atoms with Gasteiger partial charge in [0.05, 0.1) is 0 Å². The van der Waals surface area contributed by atoms with Gasteiger partial charge in [-0.25, -0.2) is 9.97 Å². The Morgan fingerprint density at radius 2 is 2.00 bits per heavy atom. The minimum absolute atomic E-state index is 0.193. The fraction of sp³-hybridized carbons (Fsp3) is 0.636. The van der Waals surface area contributed by atoms with Crippen molar-refractivity contribution in [1.29, 1.82) is 0 Å². The molecule has 0 amide bonds. The van der Waals surface area contributed by atoms with Gasteiger partial charge in [0.15, 0.2) is 0 Å². The van der Waals surface area contributed by atoms with Gasteiger partial charge in [0.1, 0.15) is 6.10 Å². The lowest BCUT2D eigenvalue weighted by molar-refractivity contribution is 0.0871. The normalized spacial score (nSPS) is 25.4. The summed E-state index contributed by atoms with van der Waals surface area (Å²) in [5, 5.41) is 0. The van der Waals surface area contributed by atoms with Crippen LogP contribution in [0.4, 0.5) is 0 Å². The molecular weight excluding hydrogens is 317 g/mol. The summed E-state index contributed by atoms with van der Waals surface area (Å²) in [4.78, 5) is 8.32. The first kappa shape index (κ1) is 12.0. The molecule has 0 radical (unpaired) electrons. The highest BCUT2D eigenvalue weighted by atomic mass is 127. The number of nitrogens with two attached hydrogens (primary N) is 1. The molecule has 1 aromatic heterocycles. The van der Waals surface area contributed by atoms with Gasteiger partial charge < -0.3 is 10.5 Å². The van der Waals surface area contributed by atoms with Crippen LogP contribution in [0.25, 0.3) is 0 Å². The number of halogens is 1. The Balaban J connectivity index is 1.99. The largest absolute Gasteiger partial charge is 0.460 e. The SMILES string of the molecule is NCC1CCCCC1Oc1ncc(I)cn1. The van der Waals surface area contributed by atoms with Crippen molar-refractivity contribution in [2.75, 3.05) is 6.54 Å². The topological polar surface area (TPSA) is 61.0 Å². The second-order valence-corrected chi connectivity index (χ2v) is 5.37. The molecule has 1 fully saturated rings. The average Bonchev–Trinajstić information content (AvgIpc) is 2.33. The molecule has 4 nitrogen and oxygen atoms in total. The van der Waals surface area contributed by atoms with E-state index in [1.165, 1.54) is 12.8 Å². The Morgan fingerprint density at radius 1 is 1.31 bits per heavy atom. The Bertz CT molecular complexity index is 331. The molecule has 0 aromatic carbocycles. The van der Waals surface area contributed by atoms with E-state index < -0.39 is 0 Å². The zero-order valence-corrected chi connectivity index (χ0v) is 11.3. The number of ether oxygens (including phenoxy) is 1. The fourth-order valence-electron chi connectivity index (χ4n) is 2.10. The zero-order chi connectivity index (χ0) is 11.4. The molecule has 2 N–H and O–H groups in total. The lowest BCUT2D eigenvalue weighted by Gasteiger charge is -2.29. The summed E-state index contributed by atoms with van der Waals surface area (Å²) in [6, 6.07) is 0.478. The van der Waals surface area contributed by atoms with Crippen molar-refractivity contribution < 1.29 is 4.74 Å². The molecule has 2 atom stereocenters. The van der Waals surface area contributed by atoms with Crippen LogP contribution in [0.3, 0.4) is 0 Å². The minimum Gasteiger partial charge on any atom is -0.460 e. The van der Waals surface area contributed by atoms with Crippen molar-refractivity contribution in [3.05, 3.63) is 16.0 Å². The zero-order valence-electron chi connectivity index (χ0n) is 9.10. The van der Waals surface area contributed by atoms with Gasteiger partial charge in [0.2, 0.25) is 0 Å². The third kappa shape index (κ3) is 3.04. The van der Waals surface area contributed by atoms with Gasteiger partial charge in [0, 0.05) is 21.9 Å². The van der Waals surface area contributed by atoms with Crippen molar-refractivity contribution in [2.24, 2.45) is 11.7 Å². The number of hydrogen-bond acceptors (Lipinski definition) is 4. The molecule has 2 rings (SSSR count). The number of rotatable bonds is 3. The summed E-state index contributed by atoms with van der Waals surface area (Å²) in [5.74, 6) is 0.455. The molecule has 2 unspecified atom stereocenters. The maximum absolute atomic E-state index is 5.81. The van der Waals surface area contributed by atoms with Crippen LogP contribution in [0, 0.1) is 9.49 Å². The van der Waals surface area contributed by atoms with E-state index in [2.05, 4.69) is 32.6 Å². The van der Waals surface area contributed by atoms with Crippen LogP contribution >= 0.6 is 22.6 Å². The number of aromatic nitrogens is 2. The standard InChI is InChI=1S/C11H16IN3O/c12-9-6-14-11(15-7-9)16-10-4-2-1-3-8(10)5-13/h6-8,10H,1-5,13H2. The second-order valence-electron chi connectivity index (χ2n) is 4.12. The molecule has 1 heterocycles. The predicted octanol–water partition coefficient (Wildman–Crippen LogP) is 1.98. The Labute approximate surface area is 109 Å². The van der Waals surface area contributed by atoms with E-state index in [9.17, 15) is 0 Å². The van der Waals surface area contributed by atoms with Gasteiger partial charge in [0.25, 0.3) is 0 Å². The Kier molecular flexibility index (Phi) is 4.34. The summed E-state index contributed by atoms with van der Waals surface area (Å²) in [5.41, 5.74) is 5.75. The number of hydrogen-bond donors (Lipinski definition) is 1. The van der Waals surface area contributed by atoms with Crippen LogP contribution in [0.2, 0.25) is 0 Å². The number of nitrogens with zero attached hydrogens (tertiary/aromatic N) is 2. The maximum atomic E-state index is 5.81. The molecule has 0 spiro atoms. The highest BCUT2D eigenvalue weighted by Gasteiger charge is 2.26. The summed E-state index contributed by atoms with van der Waals surface area (Å²) in [6.07, 6.45) is 8.43. The lowest BCUT2D eigenvalue weighted by atomic mass is 9.86. The Hall–Kier alpha value is -0.430. The molecule has 1 aromatic rings. The summed E-state index contributed by atoms with van der Waals surface area (Å²) in [6.45, 7) is 0.690. The monoisotopic (exact) mass is 333 g/mol. The third-order valence-corrected chi connectivity index (χ3v) is 3.55. The second kappa shape index (κ2) is 5.77. The summed E-state index contributed by atoms with van der Waals surface area (Å²) < 4.78 is 6.83. The van der Waals surface area contributed by atoms with E-state index in [0.29, 0.717) is 18.5 Å². The van der Waals surface area contributed by atoms with Crippen LogP contribution in [0.1, 0.15) is 25.7 Å². The van der Waals surface area contributed by atoms with Gasteiger partial charge in [-0.15, -0.1) is 0 Å². The molecule has 1 aliphatic rings. The van der Waals surface area contributed by atoms with Crippen molar-refractivity contribution in [3.8, 4) is 6.01 Å². The van der Waals surface area contributed by atoms with Crippen molar-refractivity contribution >= 4 is 22.6 Å². The lowest BCUT2D eigenvalue weighted by Crippen LogP contribution is -2.35. The summed E-state index contributed by atoms with van der Waals surface area (Å²) >= 11 is 2.18. The first-order chi connectivity index (χ1) is 7.79. The average molecular weight is 333 g/mol. The molecule has 0 saturated heterocycles. The molecule has 0 aliphatic heterocycles. The molecular formula is C11H16IN3O. The minimum atomic E-state index is 0.193. The van der Waals surface area contributed by atoms with Crippen molar-refractivity contribution in [2.45, 2.75) is 31.8 Å². The van der Waals surface area contributed by atoms with Crippen LogP contribution in [-0.4, -0.2) is 22.6 Å². The molecule has 5 heteroatoms. The van der Waals surface area contributed by atoms with Gasteiger partial charge >= 0.3 is 6.01 Å². The third-order valence-electron chi connectivity index (χ3n) is 3.00. The van der Waals surface area contributed by atoms with E-state index in [4.69, 9.17) is 10.5 Å². The highest BCUT2D eigenvalue weighted by molar-refractivity contribution is 14.1. The molecule has 1 aliphatic carbocycles. The smallest absolute Gasteiger partial charge is 0.316 e. The Morgan fingerprint density at radius 3 is 2.69 bits per heavy atom. The van der Waals surface area contributed by atoms with Crippen LogP contribution in [0.5, 0.6) is 6.01 Å². The van der Waals surface area contributed by atoms with Gasteiger partial charge in [-0.3, -0.25) is 0 Å². The van der Waals surface area contributed by atoms with E-state index in [0.717, 1.165) is 16.4 Å². The van der Waals surface area contributed by atoms with Crippen LogP contribution in [-0.2, 0) is 0 Å². The predicted molar refractivity (Wildman–Crippen MR) is 70.2 cm³/mol.